The molecule has 1 aromatic carbocycles. The summed E-state index contributed by atoms with van der Waals surface area (Å²) in [7, 11) is 0.525. The summed E-state index contributed by atoms with van der Waals surface area (Å²) in [6.07, 6.45) is 3.42. The molecule has 4 rings (SSSR count). The highest BCUT2D eigenvalue weighted by Gasteiger charge is 2.29. The summed E-state index contributed by atoms with van der Waals surface area (Å²) < 4.78 is 24.9. The molecule has 2 heterocycles. The summed E-state index contributed by atoms with van der Waals surface area (Å²) >= 11 is 7.38. The molecule has 7 nitrogen and oxygen atoms in total. The molecule has 3 aromatic rings. The maximum atomic E-state index is 12.8. The summed E-state index contributed by atoms with van der Waals surface area (Å²) in [6, 6.07) is 10.5. The second kappa shape index (κ2) is 10.3. The van der Waals surface area contributed by atoms with Gasteiger partial charge in [0.2, 0.25) is 0 Å². The van der Waals surface area contributed by atoms with Crippen molar-refractivity contribution >= 4 is 61.1 Å². The lowest BCUT2D eigenvalue weighted by molar-refractivity contribution is 0.0930. The molecule has 2 N–H and O–H groups in total. The number of nitrogens with zero attached hydrogens (tertiary/aromatic N) is 2. The van der Waals surface area contributed by atoms with Crippen LogP contribution >= 0.6 is 22.9 Å². The van der Waals surface area contributed by atoms with E-state index in [2.05, 4.69) is 27.7 Å². The van der Waals surface area contributed by atoms with Crippen LogP contribution in [0.4, 0.5) is 11.5 Å². The van der Waals surface area contributed by atoms with Crippen molar-refractivity contribution in [3.05, 3.63) is 45.6 Å². The number of thiophene rings is 1. The molecular weight excluding hydrogens is 504 g/mol. The van der Waals surface area contributed by atoms with Gasteiger partial charge in [0.1, 0.15) is 10.7 Å². The Labute approximate surface area is 215 Å². The van der Waals surface area contributed by atoms with E-state index in [1.165, 1.54) is 5.38 Å². The molecule has 2 aromatic heterocycles. The normalized spacial score (nSPS) is 18.6. The second-order valence-corrected chi connectivity index (χ2v) is 13.2. The number of hydrogen-bond acceptors (Lipinski definition) is 7. The van der Waals surface area contributed by atoms with Crippen LogP contribution in [0.15, 0.2) is 40.6 Å². The van der Waals surface area contributed by atoms with Crippen LogP contribution in [0.25, 0.3) is 10.9 Å². The number of carbonyl (C=O) groups is 1. The van der Waals surface area contributed by atoms with Gasteiger partial charge in [-0.15, -0.1) is 11.3 Å². The van der Waals surface area contributed by atoms with Crippen LogP contribution < -0.4 is 15.5 Å². The smallest absolute Gasteiger partial charge is 0.263 e. The number of fused-ring (bicyclic) bond motifs is 1. The van der Waals surface area contributed by atoms with Gasteiger partial charge >= 0.3 is 0 Å². The van der Waals surface area contributed by atoms with Crippen molar-refractivity contribution in [2.24, 2.45) is 0 Å². The molecule has 1 aliphatic rings. The number of nitrogens with one attached hydrogen (secondary N) is 2. The predicted molar refractivity (Wildman–Crippen MR) is 145 cm³/mol. The molecule has 0 aliphatic heterocycles. The minimum absolute atomic E-state index is 0.0192. The topological polar surface area (TPSA) is 91.4 Å². The molecule has 10 heteroatoms. The van der Waals surface area contributed by atoms with Crippen molar-refractivity contribution in [3.63, 3.8) is 0 Å². The van der Waals surface area contributed by atoms with E-state index >= 15 is 0 Å². The van der Waals surface area contributed by atoms with Crippen molar-refractivity contribution in [2.75, 3.05) is 24.3 Å². The fourth-order valence-electron chi connectivity index (χ4n) is 4.37. The number of carbonyl (C=O) groups excluding carboxylic acids is 1. The zero-order valence-electron chi connectivity index (χ0n) is 20.3. The maximum Gasteiger partial charge on any atom is 0.263 e. The number of rotatable bonds is 7. The summed E-state index contributed by atoms with van der Waals surface area (Å²) in [5.74, 6) is 0.539. The van der Waals surface area contributed by atoms with E-state index in [4.69, 9.17) is 16.6 Å². The highest BCUT2D eigenvalue weighted by molar-refractivity contribution is 7.92. The Morgan fingerprint density at radius 3 is 2.46 bits per heavy atom. The lowest BCUT2D eigenvalue weighted by atomic mass is 9.91. The number of aromatic nitrogens is 1. The van der Waals surface area contributed by atoms with Gasteiger partial charge < -0.3 is 15.5 Å². The molecule has 0 bridgehead atoms. The van der Waals surface area contributed by atoms with Gasteiger partial charge in [-0.3, -0.25) is 4.79 Å². The van der Waals surface area contributed by atoms with Gasteiger partial charge in [-0.2, -0.15) is 0 Å². The van der Waals surface area contributed by atoms with Crippen molar-refractivity contribution in [1.29, 1.82) is 0 Å². The average molecular weight is 535 g/mol. The van der Waals surface area contributed by atoms with Gasteiger partial charge in [-0.25, -0.2) is 13.4 Å². The van der Waals surface area contributed by atoms with Crippen LogP contribution in [0.3, 0.4) is 0 Å². The van der Waals surface area contributed by atoms with Crippen LogP contribution in [0.1, 0.15) is 49.2 Å². The van der Waals surface area contributed by atoms with Crippen molar-refractivity contribution in [2.45, 2.75) is 61.8 Å². The number of anilines is 2. The van der Waals surface area contributed by atoms with Gasteiger partial charge in [-0.05, 0) is 45.6 Å². The lowest BCUT2D eigenvalue weighted by Crippen LogP contribution is -2.40. The Hall–Kier alpha value is -2.36. The van der Waals surface area contributed by atoms with Crippen LogP contribution in [0.2, 0.25) is 5.02 Å². The third-order valence-corrected chi connectivity index (χ3v) is 10.3. The summed E-state index contributed by atoms with van der Waals surface area (Å²) in [4.78, 5) is 20.0. The Morgan fingerprint density at radius 2 is 1.80 bits per heavy atom. The largest absolute Gasteiger partial charge is 0.377 e. The van der Waals surface area contributed by atoms with Crippen LogP contribution in [0.5, 0.6) is 0 Å². The molecular formula is C25H31ClN4O3S2. The van der Waals surface area contributed by atoms with Gasteiger partial charge in [0.25, 0.3) is 5.91 Å². The first kappa shape index (κ1) is 25.7. The quantitative estimate of drug-likeness (QED) is 0.424. The molecule has 35 heavy (non-hydrogen) atoms. The number of hydrogen-bond donors (Lipinski definition) is 2. The average Bonchev–Trinajstić information content (AvgIpc) is 3.21. The number of sulfone groups is 1. The van der Waals surface area contributed by atoms with E-state index in [-0.39, 0.29) is 32.8 Å². The molecule has 188 valence electrons. The van der Waals surface area contributed by atoms with Gasteiger partial charge in [0.05, 0.1) is 20.7 Å². The second-order valence-electron chi connectivity index (χ2n) is 9.44. The van der Waals surface area contributed by atoms with Gasteiger partial charge in [0, 0.05) is 48.7 Å². The van der Waals surface area contributed by atoms with E-state index in [1.807, 2.05) is 32.3 Å². The highest BCUT2D eigenvalue weighted by Crippen LogP contribution is 2.34. The van der Waals surface area contributed by atoms with E-state index in [9.17, 15) is 13.2 Å². The van der Waals surface area contributed by atoms with Crippen molar-refractivity contribution < 1.29 is 13.2 Å². The monoisotopic (exact) mass is 534 g/mol. The van der Waals surface area contributed by atoms with Crippen molar-refractivity contribution in [1.82, 2.24) is 10.3 Å². The summed E-state index contributed by atoms with van der Waals surface area (Å²) in [5.41, 5.74) is 2.07. The van der Waals surface area contributed by atoms with Crippen LogP contribution in [-0.2, 0) is 9.84 Å². The van der Waals surface area contributed by atoms with E-state index < -0.39 is 15.1 Å². The third-order valence-electron chi connectivity index (χ3n) is 6.42. The first-order chi connectivity index (χ1) is 16.6. The number of halogens is 1. The zero-order valence-corrected chi connectivity index (χ0v) is 22.7. The standard InChI is InChI=1S/C25H31ClN4O3S2/c1-15(2)35(32,33)21-14-34-24(23(21)26)25(31)28-17-11-9-16(10-12-17)27-22-13-20(30(3)4)18-7-5-6-8-19(18)29-22/h5-8,13-17H,9-12H2,1-4H3,(H,27,29)(H,28,31). The number of pyridine rings is 1. The number of benzene rings is 1. The Kier molecular flexibility index (Phi) is 7.59. The van der Waals surface area contributed by atoms with Gasteiger partial charge in [0.15, 0.2) is 9.84 Å². The Balaban J connectivity index is 1.38. The molecule has 1 fully saturated rings. The molecule has 1 saturated carbocycles. The predicted octanol–water partition coefficient (Wildman–Crippen LogP) is 5.35. The first-order valence-electron chi connectivity index (χ1n) is 11.7. The molecule has 1 amide bonds. The maximum absolute atomic E-state index is 12.8. The Bertz CT molecular complexity index is 1330. The molecule has 0 atom stereocenters. The fraction of sp³-hybridized carbons (Fsp3) is 0.440. The van der Waals surface area contributed by atoms with E-state index in [0.29, 0.717) is 0 Å². The third kappa shape index (κ3) is 5.42. The molecule has 0 spiro atoms. The summed E-state index contributed by atoms with van der Waals surface area (Å²) in [5, 5.41) is 8.63. The molecule has 0 radical (unpaired) electrons. The van der Waals surface area contributed by atoms with E-state index in [0.717, 1.165) is 59.4 Å². The molecule has 0 saturated heterocycles. The molecule has 1 aliphatic carbocycles. The number of amides is 1. The minimum Gasteiger partial charge on any atom is -0.377 e. The lowest BCUT2D eigenvalue weighted by Gasteiger charge is -2.30. The SMILES string of the molecule is CC(C)S(=O)(=O)c1csc(C(=O)NC2CCC(Nc3cc(N(C)C)c4ccccc4n3)CC2)c1Cl. The summed E-state index contributed by atoms with van der Waals surface area (Å²) in [6.45, 7) is 3.20. The Morgan fingerprint density at radius 1 is 1.14 bits per heavy atom. The van der Waals surface area contributed by atoms with Crippen molar-refractivity contribution in [3.8, 4) is 0 Å². The van der Waals surface area contributed by atoms with Gasteiger partial charge in [-0.1, -0.05) is 29.8 Å². The van der Waals surface area contributed by atoms with E-state index in [1.54, 1.807) is 13.8 Å². The highest BCUT2D eigenvalue weighted by atomic mass is 35.5. The number of para-hydroxylation sites is 1. The van der Waals surface area contributed by atoms with Crippen LogP contribution in [-0.4, -0.2) is 50.7 Å². The minimum atomic E-state index is -3.53. The zero-order chi connectivity index (χ0) is 25.3. The van der Waals surface area contributed by atoms with Crippen LogP contribution in [0, 0.1) is 0 Å². The fourth-order valence-corrected chi connectivity index (χ4v) is 7.36. The first-order valence-corrected chi connectivity index (χ1v) is 14.5. The molecule has 0 unspecified atom stereocenters.